The second-order valence-electron chi connectivity index (χ2n) is 6.58. The molecule has 3 aromatic rings. The second-order valence-corrected chi connectivity index (χ2v) is 6.58. The van der Waals surface area contributed by atoms with Crippen molar-refractivity contribution in [2.75, 3.05) is 7.11 Å². The molecule has 144 valence electrons. The van der Waals surface area contributed by atoms with Crippen molar-refractivity contribution in [1.29, 1.82) is 0 Å². The quantitative estimate of drug-likeness (QED) is 0.505. The zero-order valence-electron chi connectivity index (χ0n) is 15.8. The number of hydrogen-bond donors (Lipinski definition) is 1. The highest BCUT2D eigenvalue weighted by Gasteiger charge is 2.48. The molecule has 1 N–H and O–H groups in total. The number of imidazole rings is 1. The number of ether oxygens (including phenoxy) is 1. The van der Waals surface area contributed by atoms with Crippen molar-refractivity contribution in [2.45, 2.75) is 17.9 Å². The highest BCUT2D eigenvalue weighted by atomic mass is 16.5. The average Bonchev–Trinajstić information content (AvgIpc) is 3.18. The molecular weight excluding hydrogens is 356 g/mol. The number of hydrogen-bond acceptors (Lipinski definition) is 5. The molecule has 1 aromatic heterocycles. The fraction of sp³-hybridized carbons (Fsp3) is 0.227. The maximum atomic E-state index is 13.0. The average molecular weight is 378 g/mol. The molecule has 1 heterocycles. The summed E-state index contributed by atoms with van der Waals surface area (Å²) in [5.41, 5.74) is -1.01. The lowest BCUT2D eigenvalue weighted by Crippen LogP contribution is -2.43. The highest BCUT2D eigenvalue weighted by molar-refractivity contribution is 5.94. The molecule has 2 atom stereocenters. The van der Waals surface area contributed by atoms with Gasteiger partial charge in [0.05, 0.1) is 7.11 Å². The number of Topliss-reactive ketones (excluding diaryl/α,β-unsaturated/α-hetero) is 1. The number of methoxy groups -OCH3 is 1. The lowest BCUT2D eigenvalue weighted by atomic mass is 9.74. The largest absolute Gasteiger partial charge is 0.467 e. The number of carbonyl (C=O) groups excluding carboxylic acids is 2. The van der Waals surface area contributed by atoms with Gasteiger partial charge >= 0.3 is 5.97 Å². The maximum Gasteiger partial charge on any atom is 0.343 e. The first-order valence-corrected chi connectivity index (χ1v) is 8.90. The summed E-state index contributed by atoms with van der Waals surface area (Å²) in [6.07, 6.45) is 3.10. The van der Waals surface area contributed by atoms with Gasteiger partial charge in [0.1, 0.15) is 0 Å². The van der Waals surface area contributed by atoms with Crippen LogP contribution in [0.25, 0.3) is 0 Å². The summed E-state index contributed by atoms with van der Waals surface area (Å²) in [5.74, 6) is -1.69. The monoisotopic (exact) mass is 378 g/mol. The Morgan fingerprint density at radius 2 is 1.71 bits per heavy atom. The minimum atomic E-state index is -2.03. The Morgan fingerprint density at radius 3 is 2.25 bits per heavy atom. The molecule has 0 aliphatic rings. The van der Waals surface area contributed by atoms with Crippen molar-refractivity contribution in [2.24, 2.45) is 7.05 Å². The Labute approximate surface area is 163 Å². The fourth-order valence-corrected chi connectivity index (χ4v) is 3.41. The van der Waals surface area contributed by atoms with Crippen LogP contribution < -0.4 is 0 Å². The normalized spacial score (nSPS) is 14.1. The number of carbonyl (C=O) groups is 2. The Kier molecular flexibility index (Phi) is 5.70. The molecule has 6 nitrogen and oxygen atoms in total. The molecule has 6 heteroatoms. The third-order valence-electron chi connectivity index (χ3n) is 4.88. The summed E-state index contributed by atoms with van der Waals surface area (Å²) in [6, 6.07) is 17.6. The van der Waals surface area contributed by atoms with E-state index in [4.69, 9.17) is 4.74 Å². The molecule has 0 amide bonds. The SMILES string of the molecule is COC(=O)[C@](O)(c1ccccc1)[C@@H](CC(=O)c1nccn1C)c1ccccc1. The van der Waals surface area contributed by atoms with Gasteiger partial charge in [-0.1, -0.05) is 60.7 Å². The number of ketones is 1. The molecule has 0 saturated carbocycles. The topological polar surface area (TPSA) is 81.4 Å². The predicted octanol–water partition coefficient (Wildman–Crippen LogP) is 2.84. The standard InChI is InChI=1S/C22H22N2O4/c1-24-14-13-23-20(24)19(25)15-18(16-9-5-3-6-10-16)22(27,21(26)28-2)17-11-7-4-8-12-17/h3-14,18,27H,15H2,1-2H3/t18-,22-/m0/s1. The smallest absolute Gasteiger partial charge is 0.343 e. The molecule has 0 fully saturated rings. The van der Waals surface area contributed by atoms with Crippen LogP contribution in [-0.4, -0.2) is 33.5 Å². The van der Waals surface area contributed by atoms with Gasteiger partial charge in [-0.3, -0.25) is 4.79 Å². The minimum Gasteiger partial charge on any atom is -0.467 e. The van der Waals surface area contributed by atoms with Crippen LogP contribution in [0, 0.1) is 0 Å². The molecule has 0 bridgehead atoms. The third kappa shape index (κ3) is 3.59. The lowest BCUT2D eigenvalue weighted by molar-refractivity contribution is -0.166. The van der Waals surface area contributed by atoms with Crippen LogP contribution in [0.3, 0.4) is 0 Å². The number of aromatic nitrogens is 2. The van der Waals surface area contributed by atoms with Crippen molar-refractivity contribution in [3.8, 4) is 0 Å². The van der Waals surface area contributed by atoms with Crippen LogP contribution >= 0.6 is 0 Å². The van der Waals surface area contributed by atoms with Crippen LogP contribution in [0.2, 0.25) is 0 Å². The predicted molar refractivity (Wildman–Crippen MR) is 104 cm³/mol. The molecule has 0 saturated heterocycles. The van der Waals surface area contributed by atoms with Crippen molar-refractivity contribution in [1.82, 2.24) is 9.55 Å². The van der Waals surface area contributed by atoms with E-state index < -0.39 is 17.5 Å². The minimum absolute atomic E-state index is 0.116. The molecule has 28 heavy (non-hydrogen) atoms. The number of rotatable bonds is 7. The van der Waals surface area contributed by atoms with Gasteiger partial charge in [0, 0.05) is 31.8 Å². The van der Waals surface area contributed by atoms with Gasteiger partial charge in [0.25, 0.3) is 0 Å². The number of aryl methyl sites for hydroxylation is 1. The van der Waals surface area contributed by atoms with Gasteiger partial charge in [-0.15, -0.1) is 0 Å². The molecule has 2 aromatic carbocycles. The van der Waals surface area contributed by atoms with Gasteiger partial charge in [-0.25, -0.2) is 9.78 Å². The summed E-state index contributed by atoms with van der Waals surface area (Å²) in [5, 5.41) is 11.6. The molecule has 0 unspecified atom stereocenters. The Balaban J connectivity index is 2.12. The molecule has 0 aliphatic carbocycles. The molecule has 3 rings (SSSR count). The Morgan fingerprint density at radius 1 is 1.11 bits per heavy atom. The van der Waals surface area contributed by atoms with Crippen molar-refractivity contribution in [3.05, 3.63) is 90.0 Å². The van der Waals surface area contributed by atoms with Crippen molar-refractivity contribution >= 4 is 11.8 Å². The first kappa shape index (κ1) is 19.5. The van der Waals surface area contributed by atoms with Gasteiger partial charge in [-0.05, 0) is 11.1 Å². The number of aliphatic hydroxyl groups is 1. The lowest BCUT2D eigenvalue weighted by Gasteiger charge is -2.34. The van der Waals surface area contributed by atoms with E-state index in [1.54, 1.807) is 72.4 Å². The number of esters is 1. The summed E-state index contributed by atoms with van der Waals surface area (Å²) in [6.45, 7) is 0. The first-order valence-electron chi connectivity index (χ1n) is 8.90. The highest BCUT2D eigenvalue weighted by Crippen LogP contribution is 2.41. The fourth-order valence-electron chi connectivity index (χ4n) is 3.41. The molecular formula is C22H22N2O4. The van der Waals surface area contributed by atoms with Crippen molar-refractivity contribution in [3.63, 3.8) is 0 Å². The van der Waals surface area contributed by atoms with E-state index in [1.165, 1.54) is 13.3 Å². The summed E-state index contributed by atoms with van der Waals surface area (Å²) >= 11 is 0. The van der Waals surface area contributed by atoms with E-state index in [-0.39, 0.29) is 18.0 Å². The van der Waals surface area contributed by atoms with E-state index >= 15 is 0 Å². The van der Waals surface area contributed by atoms with Gasteiger partial charge in [0.2, 0.25) is 0 Å². The van der Waals surface area contributed by atoms with E-state index in [1.807, 2.05) is 6.07 Å². The van der Waals surface area contributed by atoms with Crippen LogP contribution in [0.15, 0.2) is 73.1 Å². The first-order chi connectivity index (χ1) is 13.5. The maximum absolute atomic E-state index is 13.0. The van der Waals surface area contributed by atoms with Crippen LogP contribution in [0.1, 0.15) is 34.1 Å². The van der Waals surface area contributed by atoms with Gasteiger partial charge in [-0.2, -0.15) is 0 Å². The molecule has 0 aliphatic heterocycles. The summed E-state index contributed by atoms with van der Waals surface area (Å²) in [4.78, 5) is 29.8. The van der Waals surface area contributed by atoms with E-state index in [0.29, 0.717) is 11.1 Å². The van der Waals surface area contributed by atoms with Gasteiger partial charge < -0.3 is 14.4 Å². The summed E-state index contributed by atoms with van der Waals surface area (Å²) in [7, 11) is 2.94. The second kappa shape index (κ2) is 8.19. The van der Waals surface area contributed by atoms with E-state index in [9.17, 15) is 14.7 Å². The Bertz CT molecular complexity index is 953. The van der Waals surface area contributed by atoms with Crippen molar-refractivity contribution < 1.29 is 19.4 Å². The molecule has 0 spiro atoms. The number of nitrogens with zero attached hydrogens (tertiary/aromatic N) is 2. The van der Waals surface area contributed by atoms with Gasteiger partial charge in [0.15, 0.2) is 17.2 Å². The number of benzene rings is 2. The molecule has 0 radical (unpaired) electrons. The third-order valence-corrected chi connectivity index (χ3v) is 4.88. The Hall–Kier alpha value is -3.25. The summed E-state index contributed by atoms with van der Waals surface area (Å²) < 4.78 is 6.56. The van der Waals surface area contributed by atoms with E-state index in [2.05, 4.69) is 4.98 Å². The van der Waals surface area contributed by atoms with Crippen LogP contribution in [-0.2, 0) is 22.2 Å². The zero-order chi connectivity index (χ0) is 20.1. The van der Waals surface area contributed by atoms with Crippen LogP contribution in [0.4, 0.5) is 0 Å². The van der Waals surface area contributed by atoms with Crippen LogP contribution in [0.5, 0.6) is 0 Å². The van der Waals surface area contributed by atoms with E-state index in [0.717, 1.165) is 0 Å². The zero-order valence-corrected chi connectivity index (χ0v) is 15.8.